The molecule has 290 valence electrons. The van der Waals surface area contributed by atoms with E-state index in [1.807, 2.05) is 45.0 Å². The predicted molar refractivity (Wildman–Crippen MR) is 224 cm³/mol. The number of Topliss-reactive ketones (excluding diaryl/α,β-unsaturated/α-hetero) is 1. The van der Waals surface area contributed by atoms with Gasteiger partial charge in [-0.25, -0.2) is 24.9 Å². The molecule has 0 bridgehead atoms. The molecule has 2 amide bonds. The zero-order valence-electron chi connectivity index (χ0n) is 30.9. The van der Waals surface area contributed by atoms with Crippen LogP contribution >= 0.6 is 35.6 Å². The summed E-state index contributed by atoms with van der Waals surface area (Å²) < 4.78 is 0. The van der Waals surface area contributed by atoms with Gasteiger partial charge in [0.25, 0.3) is 0 Å². The molecule has 0 unspecified atom stereocenters. The molecule has 8 rings (SSSR count). The number of carbonyl (C=O) groups is 3. The van der Waals surface area contributed by atoms with Crippen LogP contribution < -0.4 is 27.0 Å². The van der Waals surface area contributed by atoms with Crippen LogP contribution in [0.3, 0.4) is 0 Å². The van der Waals surface area contributed by atoms with Crippen molar-refractivity contribution in [3.63, 3.8) is 0 Å². The summed E-state index contributed by atoms with van der Waals surface area (Å²) in [5.74, 6) is 1.08. The second-order valence-corrected chi connectivity index (χ2v) is 14.9. The van der Waals surface area contributed by atoms with Crippen LogP contribution in [-0.4, -0.2) is 47.5 Å². The minimum Gasteiger partial charge on any atom is -0.384 e. The molecule has 17 heteroatoms. The van der Waals surface area contributed by atoms with Gasteiger partial charge in [-0.05, 0) is 60.7 Å². The maximum atomic E-state index is 12.2. The number of fused-ring (bicyclic) bond motifs is 6. The molecule has 0 atom stereocenters. The van der Waals surface area contributed by atoms with Gasteiger partial charge in [0.1, 0.15) is 11.6 Å². The molecule has 6 heterocycles. The summed E-state index contributed by atoms with van der Waals surface area (Å²) in [6.07, 6.45) is 7.23. The van der Waals surface area contributed by atoms with Crippen LogP contribution in [0.15, 0.2) is 85.5 Å². The van der Waals surface area contributed by atoms with Crippen LogP contribution in [-0.2, 0) is 33.6 Å². The number of hydrogen-bond acceptors (Lipinski definition) is 12. The number of benzene rings is 2. The average Bonchev–Trinajstić information content (AvgIpc) is 3.37. The van der Waals surface area contributed by atoms with Crippen LogP contribution in [0.2, 0.25) is 10.0 Å². The van der Waals surface area contributed by atoms with E-state index in [0.29, 0.717) is 74.0 Å². The Bertz CT molecular complexity index is 2490. The van der Waals surface area contributed by atoms with Gasteiger partial charge in [-0.1, -0.05) is 44.0 Å². The van der Waals surface area contributed by atoms with E-state index in [9.17, 15) is 14.4 Å². The fourth-order valence-electron chi connectivity index (χ4n) is 5.82. The van der Waals surface area contributed by atoms with Gasteiger partial charge in [0, 0.05) is 62.2 Å². The second-order valence-electron chi connectivity index (χ2n) is 14.1. The number of anilines is 7. The Hall–Kier alpha value is -6.22. The van der Waals surface area contributed by atoms with E-state index in [4.69, 9.17) is 28.9 Å². The van der Waals surface area contributed by atoms with Crippen LogP contribution in [0.4, 0.5) is 40.5 Å². The molecule has 0 aliphatic carbocycles. The van der Waals surface area contributed by atoms with Crippen molar-refractivity contribution >= 4 is 93.7 Å². The van der Waals surface area contributed by atoms with Crippen LogP contribution in [0, 0.1) is 5.41 Å². The van der Waals surface area contributed by atoms with Crippen LogP contribution in [0.25, 0.3) is 22.5 Å². The van der Waals surface area contributed by atoms with E-state index in [1.165, 1.54) is 0 Å². The zero-order valence-corrected chi connectivity index (χ0v) is 33.2. The molecule has 57 heavy (non-hydrogen) atoms. The minimum absolute atomic E-state index is 0. The number of amides is 2. The SMILES string of the molecule is CC(C)(C)C(=O)Cc1ccc(Nc2ncc3c(n2)-c2ccc(Cl)cc2NC(=O)C3)cn1.Cl.Nc1ccc(Nc2ncc3c(n2)-c2ccc(Cl)cc2NC(=O)C3)cn1. The van der Waals surface area contributed by atoms with Crippen molar-refractivity contribution in [1.29, 1.82) is 0 Å². The largest absolute Gasteiger partial charge is 0.384 e. The number of carbonyl (C=O) groups excluding carboxylic acids is 3. The molecule has 0 spiro atoms. The Kier molecular flexibility index (Phi) is 12.0. The molecule has 6 aromatic rings. The van der Waals surface area contributed by atoms with E-state index in [-0.39, 0.29) is 42.8 Å². The summed E-state index contributed by atoms with van der Waals surface area (Å²) in [5, 5.41) is 13.0. The summed E-state index contributed by atoms with van der Waals surface area (Å²) in [4.78, 5) is 62.8. The molecule has 4 aromatic heterocycles. The van der Waals surface area contributed by atoms with Gasteiger partial charge in [0.15, 0.2) is 0 Å². The standard InChI is InChI=1S/C23H22ClN5O2.C17H13ClN6O.ClH/c1-23(2,3)19(30)10-15-5-6-16(12-25-15)27-22-26-11-13-8-20(31)28-18-9-14(24)4-7-17(18)21(13)29-22;18-10-1-3-12-13(6-10)23-15(25)5-9-7-21-17(24-16(9)12)22-11-2-4-14(19)20-8-11;/h4-7,9,11-12H,8,10H2,1-3H3,(H,28,31)(H,26,27,29);1-4,6-8H,5H2,(H2,19,20)(H,23,25)(H,21,22,24);1H. The van der Waals surface area contributed by atoms with E-state index < -0.39 is 5.41 Å². The summed E-state index contributed by atoms with van der Waals surface area (Å²) in [6, 6.07) is 17.7. The van der Waals surface area contributed by atoms with E-state index >= 15 is 0 Å². The highest BCUT2D eigenvalue weighted by molar-refractivity contribution is 6.31. The highest BCUT2D eigenvalue weighted by Crippen LogP contribution is 2.36. The van der Waals surface area contributed by atoms with Crippen molar-refractivity contribution in [2.75, 3.05) is 27.0 Å². The van der Waals surface area contributed by atoms with Crippen LogP contribution in [0.1, 0.15) is 37.6 Å². The normalized spacial score (nSPS) is 12.6. The molecule has 2 aromatic carbocycles. The van der Waals surface area contributed by atoms with Crippen molar-refractivity contribution in [3.8, 4) is 22.5 Å². The number of pyridine rings is 2. The maximum absolute atomic E-state index is 12.2. The number of halogens is 3. The molecular formula is C40H36Cl3N11O3. The Morgan fingerprint density at radius 2 is 1.19 bits per heavy atom. The van der Waals surface area contributed by atoms with Crippen molar-refractivity contribution in [2.45, 2.75) is 40.0 Å². The first-order valence-electron chi connectivity index (χ1n) is 17.4. The third-order valence-corrected chi connectivity index (χ3v) is 9.22. The number of nitrogens with two attached hydrogens (primary N) is 1. The van der Waals surface area contributed by atoms with Gasteiger partial charge in [-0.15, -0.1) is 12.4 Å². The number of aromatic nitrogens is 6. The highest BCUT2D eigenvalue weighted by atomic mass is 35.5. The zero-order chi connectivity index (χ0) is 39.6. The molecule has 0 saturated carbocycles. The first-order chi connectivity index (χ1) is 26.8. The lowest BCUT2D eigenvalue weighted by molar-refractivity contribution is -0.125. The number of ketones is 1. The lowest BCUT2D eigenvalue weighted by Crippen LogP contribution is -2.22. The molecular weight excluding hydrogens is 789 g/mol. The summed E-state index contributed by atoms with van der Waals surface area (Å²) >= 11 is 12.1. The maximum Gasteiger partial charge on any atom is 0.228 e. The average molecular weight is 825 g/mol. The minimum atomic E-state index is -0.398. The topological polar surface area (TPSA) is 203 Å². The number of nitrogens with zero attached hydrogens (tertiary/aromatic N) is 6. The number of nitrogens with one attached hydrogen (secondary N) is 4. The van der Waals surface area contributed by atoms with Gasteiger partial charge in [-0.2, -0.15) is 0 Å². The molecule has 6 N–H and O–H groups in total. The lowest BCUT2D eigenvalue weighted by Gasteiger charge is -2.16. The fourth-order valence-corrected chi connectivity index (χ4v) is 6.16. The second kappa shape index (κ2) is 16.9. The third kappa shape index (κ3) is 9.78. The van der Waals surface area contributed by atoms with Crippen molar-refractivity contribution in [3.05, 3.63) is 112 Å². The van der Waals surface area contributed by atoms with Crippen molar-refractivity contribution in [2.24, 2.45) is 5.41 Å². The monoisotopic (exact) mass is 823 g/mol. The molecule has 14 nitrogen and oxygen atoms in total. The quantitative estimate of drug-likeness (QED) is 0.108. The first kappa shape index (κ1) is 40.4. The van der Waals surface area contributed by atoms with Gasteiger partial charge in [0.05, 0.1) is 59.4 Å². The van der Waals surface area contributed by atoms with E-state index in [2.05, 4.69) is 51.2 Å². The van der Waals surface area contributed by atoms with Gasteiger partial charge in [0.2, 0.25) is 23.7 Å². The number of nitrogen functional groups attached to an aromatic ring is 1. The fraction of sp³-hybridized carbons (Fsp3) is 0.175. The van der Waals surface area contributed by atoms with Gasteiger partial charge in [-0.3, -0.25) is 19.4 Å². The number of hydrogen-bond donors (Lipinski definition) is 5. The Morgan fingerprint density at radius 3 is 1.63 bits per heavy atom. The van der Waals surface area contributed by atoms with E-state index in [1.54, 1.807) is 61.2 Å². The number of rotatable bonds is 6. The molecule has 0 fully saturated rings. The van der Waals surface area contributed by atoms with Crippen molar-refractivity contribution in [1.82, 2.24) is 29.9 Å². The van der Waals surface area contributed by atoms with Gasteiger partial charge >= 0.3 is 0 Å². The molecule has 0 saturated heterocycles. The van der Waals surface area contributed by atoms with Crippen molar-refractivity contribution < 1.29 is 14.4 Å². The first-order valence-corrected chi connectivity index (χ1v) is 18.2. The predicted octanol–water partition coefficient (Wildman–Crippen LogP) is 8.02. The third-order valence-electron chi connectivity index (χ3n) is 8.75. The molecule has 0 radical (unpaired) electrons. The molecule has 2 aliphatic rings. The van der Waals surface area contributed by atoms with Gasteiger partial charge < -0.3 is 27.0 Å². The Morgan fingerprint density at radius 1 is 0.702 bits per heavy atom. The lowest BCUT2D eigenvalue weighted by atomic mass is 9.88. The molecule has 2 aliphatic heterocycles. The summed E-state index contributed by atoms with van der Waals surface area (Å²) in [6.45, 7) is 5.70. The Balaban J connectivity index is 0.000000193. The van der Waals surface area contributed by atoms with E-state index in [0.717, 1.165) is 22.3 Å². The van der Waals surface area contributed by atoms with Crippen LogP contribution in [0.5, 0.6) is 0 Å². The highest BCUT2D eigenvalue weighted by Gasteiger charge is 2.24. The summed E-state index contributed by atoms with van der Waals surface area (Å²) in [7, 11) is 0. The summed E-state index contributed by atoms with van der Waals surface area (Å²) in [5.41, 5.74) is 13.0. The Labute approximate surface area is 343 Å². The smallest absolute Gasteiger partial charge is 0.228 e.